The predicted molar refractivity (Wildman–Crippen MR) is 84.4 cm³/mol. The van der Waals surface area contributed by atoms with Crippen LogP contribution < -0.4 is 5.32 Å². The van der Waals surface area contributed by atoms with E-state index in [1.54, 1.807) is 0 Å². The van der Waals surface area contributed by atoms with Crippen molar-refractivity contribution in [2.24, 2.45) is 11.8 Å². The minimum atomic E-state index is 0.752. The van der Waals surface area contributed by atoms with Gasteiger partial charge in [0.1, 0.15) is 0 Å². The van der Waals surface area contributed by atoms with Crippen molar-refractivity contribution in [2.75, 3.05) is 0 Å². The highest BCUT2D eigenvalue weighted by atomic mass is 79.9. The molecule has 0 aromatic heterocycles. The maximum absolute atomic E-state index is 3.90. The van der Waals surface area contributed by atoms with Crippen LogP contribution in [0.15, 0.2) is 28.7 Å². The number of hydrogen-bond acceptors (Lipinski definition) is 1. The van der Waals surface area contributed by atoms with E-state index in [4.69, 9.17) is 0 Å². The number of rotatable bonds is 3. The highest BCUT2D eigenvalue weighted by Gasteiger charge is 2.36. The predicted octanol–water partition coefficient (Wildman–Crippen LogP) is 4.72. The molecule has 0 aliphatic heterocycles. The Hall–Kier alpha value is -0.340. The van der Waals surface area contributed by atoms with Gasteiger partial charge in [-0.1, -0.05) is 41.9 Å². The molecule has 2 aliphatic carbocycles. The normalized spacial score (nSPS) is 38.2. The largest absolute Gasteiger partial charge is 0.311 e. The monoisotopic (exact) mass is 321 g/mol. The molecule has 2 fully saturated rings. The second-order valence-electron chi connectivity index (χ2n) is 6.61. The third-order valence-corrected chi connectivity index (χ3v) is 5.87. The molecule has 1 aromatic rings. The minimum absolute atomic E-state index is 0.752. The van der Waals surface area contributed by atoms with Gasteiger partial charge in [0.25, 0.3) is 0 Å². The molecule has 2 aliphatic rings. The maximum atomic E-state index is 3.90. The Morgan fingerprint density at radius 2 is 1.95 bits per heavy atom. The lowest BCUT2D eigenvalue weighted by Crippen LogP contribution is -2.46. The summed E-state index contributed by atoms with van der Waals surface area (Å²) in [5.74, 6) is 2.52. The quantitative estimate of drug-likeness (QED) is 0.849. The van der Waals surface area contributed by atoms with E-state index in [9.17, 15) is 0 Å². The molecule has 2 saturated carbocycles. The van der Waals surface area contributed by atoms with Crippen molar-refractivity contribution in [2.45, 2.75) is 57.5 Å². The van der Waals surface area contributed by atoms with Gasteiger partial charge in [-0.2, -0.15) is 0 Å². The van der Waals surface area contributed by atoms with Crippen LogP contribution in [-0.2, 0) is 0 Å². The molecule has 2 heteroatoms. The van der Waals surface area contributed by atoms with Crippen molar-refractivity contribution in [1.82, 2.24) is 5.32 Å². The van der Waals surface area contributed by atoms with Crippen molar-refractivity contribution < 1.29 is 0 Å². The topological polar surface area (TPSA) is 12.0 Å². The summed E-state index contributed by atoms with van der Waals surface area (Å²) in [6, 6.07) is 10.3. The third kappa shape index (κ3) is 2.90. The minimum Gasteiger partial charge on any atom is -0.311 e. The van der Waals surface area contributed by atoms with Crippen LogP contribution in [0.3, 0.4) is 0 Å². The first-order valence-electron chi connectivity index (χ1n) is 7.65. The molecule has 0 amide bonds. The zero-order valence-corrected chi connectivity index (χ0v) is 13.5. The van der Waals surface area contributed by atoms with Gasteiger partial charge in [0.2, 0.25) is 0 Å². The van der Waals surface area contributed by atoms with E-state index in [1.807, 2.05) is 0 Å². The highest BCUT2D eigenvalue weighted by molar-refractivity contribution is 9.10. The molecular formula is C17H24BrN. The Kier molecular flexibility index (Phi) is 4.00. The molecule has 1 nitrogen and oxygen atoms in total. The lowest BCUT2D eigenvalue weighted by atomic mass is 9.75. The Bertz CT molecular complexity index is 439. The third-order valence-electron chi connectivity index (χ3n) is 5.37. The van der Waals surface area contributed by atoms with Crippen molar-refractivity contribution in [1.29, 1.82) is 0 Å². The second-order valence-corrected chi connectivity index (χ2v) is 7.52. The molecule has 0 bridgehead atoms. The Balaban J connectivity index is 1.51. The van der Waals surface area contributed by atoms with Gasteiger partial charge in [-0.3, -0.25) is 0 Å². The van der Waals surface area contributed by atoms with Crippen molar-refractivity contribution in [3.05, 3.63) is 34.3 Å². The number of hydrogen-bond donors (Lipinski definition) is 1. The molecule has 0 radical (unpaired) electrons. The summed E-state index contributed by atoms with van der Waals surface area (Å²) in [7, 11) is 0. The average Bonchev–Trinajstić information content (AvgIpc) is 2.64. The number of halogens is 1. The summed E-state index contributed by atoms with van der Waals surface area (Å²) in [6.07, 6.45) is 5.41. The molecule has 104 valence electrons. The summed E-state index contributed by atoms with van der Waals surface area (Å²) >= 11 is 3.57. The summed E-state index contributed by atoms with van der Waals surface area (Å²) in [5, 5.41) is 3.90. The molecule has 0 saturated heterocycles. The SMILES string of the molecule is CC1CCC(NC2CC(c3cccc(Br)c3)C2)C1C. The average molecular weight is 322 g/mol. The Labute approximate surface area is 125 Å². The van der Waals surface area contributed by atoms with Crippen molar-refractivity contribution >= 4 is 15.9 Å². The van der Waals surface area contributed by atoms with Crippen LogP contribution in [0.2, 0.25) is 0 Å². The van der Waals surface area contributed by atoms with E-state index < -0.39 is 0 Å². The molecule has 3 unspecified atom stereocenters. The van der Waals surface area contributed by atoms with Crippen LogP contribution in [0.25, 0.3) is 0 Å². The lowest BCUT2D eigenvalue weighted by molar-refractivity contribution is 0.239. The van der Waals surface area contributed by atoms with E-state index in [2.05, 4.69) is 59.4 Å². The fourth-order valence-corrected chi connectivity index (χ4v) is 4.11. The van der Waals surface area contributed by atoms with Crippen molar-refractivity contribution in [3.8, 4) is 0 Å². The van der Waals surface area contributed by atoms with Gasteiger partial charge in [-0.05, 0) is 61.1 Å². The number of nitrogens with one attached hydrogen (secondary N) is 1. The summed E-state index contributed by atoms with van der Waals surface area (Å²) in [5.41, 5.74) is 1.50. The molecule has 3 atom stereocenters. The molecule has 3 rings (SSSR count). The summed E-state index contributed by atoms with van der Waals surface area (Å²) in [4.78, 5) is 0. The maximum Gasteiger partial charge on any atom is 0.0178 e. The zero-order valence-electron chi connectivity index (χ0n) is 11.9. The van der Waals surface area contributed by atoms with E-state index >= 15 is 0 Å². The summed E-state index contributed by atoms with van der Waals surface area (Å²) in [6.45, 7) is 4.82. The van der Waals surface area contributed by atoms with Gasteiger partial charge in [0.15, 0.2) is 0 Å². The molecule has 1 N–H and O–H groups in total. The van der Waals surface area contributed by atoms with Gasteiger partial charge in [-0.25, -0.2) is 0 Å². The van der Waals surface area contributed by atoms with E-state index in [0.29, 0.717) is 0 Å². The Morgan fingerprint density at radius 1 is 1.16 bits per heavy atom. The fraction of sp³-hybridized carbons (Fsp3) is 0.647. The standard InChI is InChI=1S/C17H24BrN/c1-11-6-7-17(12(11)2)19-16-9-14(10-16)13-4-3-5-15(18)8-13/h3-5,8,11-12,14,16-17,19H,6-7,9-10H2,1-2H3. The Morgan fingerprint density at radius 3 is 2.58 bits per heavy atom. The van der Waals surface area contributed by atoms with Gasteiger partial charge in [-0.15, -0.1) is 0 Å². The fourth-order valence-electron chi connectivity index (χ4n) is 3.69. The van der Waals surface area contributed by atoms with E-state index in [0.717, 1.165) is 29.8 Å². The second kappa shape index (κ2) is 5.57. The van der Waals surface area contributed by atoms with Crippen LogP contribution in [-0.4, -0.2) is 12.1 Å². The van der Waals surface area contributed by atoms with Crippen LogP contribution in [0, 0.1) is 11.8 Å². The smallest absolute Gasteiger partial charge is 0.0178 e. The molecule has 0 heterocycles. The van der Waals surface area contributed by atoms with Gasteiger partial charge in [0, 0.05) is 16.6 Å². The van der Waals surface area contributed by atoms with Crippen LogP contribution in [0.5, 0.6) is 0 Å². The number of benzene rings is 1. The molecule has 19 heavy (non-hydrogen) atoms. The van der Waals surface area contributed by atoms with Crippen LogP contribution in [0.1, 0.15) is 51.0 Å². The first kappa shape index (κ1) is 13.6. The van der Waals surface area contributed by atoms with Gasteiger partial charge in [0.05, 0.1) is 0 Å². The van der Waals surface area contributed by atoms with E-state index in [1.165, 1.54) is 35.7 Å². The van der Waals surface area contributed by atoms with Crippen LogP contribution in [0.4, 0.5) is 0 Å². The summed E-state index contributed by atoms with van der Waals surface area (Å²) < 4.78 is 1.21. The van der Waals surface area contributed by atoms with E-state index in [-0.39, 0.29) is 0 Å². The molecular weight excluding hydrogens is 298 g/mol. The molecule has 0 spiro atoms. The van der Waals surface area contributed by atoms with Gasteiger partial charge >= 0.3 is 0 Å². The van der Waals surface area contributed by atoms with Crippen molar-refractivity contribution in [3.63, 3.8) is 0 Å². The zero-order chi connectivity index (χ0) is 13.4. The van der Waals surface area contributed by atoms with Gasteiger partial charge < -0.3 is 5.32 Å². The lowest BCUT2D eigenvalue weighted by Gasteiger charge is -2.39. The molecule has 1 aromatic carbocycles. The highest BCUT2D eigenvalue weighted by Crippen LogP contribution is 2.40. The van der Waals surface area contributed by atoms with Crippen LogP contribution >= 0.6 is 15.9 Å². The first-order chi connectivity index (χ1) is 9.13. The first-order valence-corrected chi connectivity index (χ1v) is 8.44.